The molecule has 1 aliphatic carbocycles. The summed E-state index contributed by atoms with van der Waals surface area (Å²) in [7, 11) is 1.76. The summed E-state index contributed by atoms with van der Waals surface area (Å²) in [5.41, 5.74) is 1.81. The highest BCUT2D eigenvalue weighted by Gasteiger charge is 2.48. The maximum Gasteiger partial charge on any atom is 0.122 e. The first kappa shape index (κ1) is 9.57. The van der Waals surface area contributed by atoms with Gasteiger partial charge in [-0.15, -0.1) is 0 Å². The highest BCUT2D eigenvalue weighted by Crippen LogP contribution is 2.56. The van der Waals surface area contributed by atoms with Gasteiger partial charge in [-0.2, -0.15) is 0 Å². The van der Waals surface area contributed by atoms with E-state index in [-0.39, 0.29) is 0 Å². The molecule has 0 radical (unpaired) electrons. The smallest absolute Gasteiger partial charge is 0.122 e. The summed E-state index contributed by atoms with van der Waals surface area (Å²) in [4.78, 5) is 0. The van der Waals surface area contributed by atoms with E-state index in [1.165, 1.54) is 18.4 Å². The molecule has 1 aromatic carbocycles. The van der Waals surface area contributed by atoms with Crippen LogP contribution in [0.4, 0.5) is 0 Å². The van der Waals surface area contributed by atoms with Gasteiger partial charge < -0.3 is 4.74 Å². The molecule has 1 heteroatoms. The summed E-state index contributed by atoms with van der Waals surface area (Å²) in [5, 5.41) is 0. The predicted molar refractivity (Wildman–Crippen MR) is 58.7 cm³/mol. The average molecular weight is 190 g/mol. The number of para-hydroxylation sites is 1. The summed E-state index contributed by atoms with van der Waals surface area (Å²) in [5.74, 6) is 1.76. The van der Waals surface area contributed by atoms with E-state index in [0.717, 1.165) is 5.75 Å². The summed E-state index contributed by atoms with van der Waals surface area (Å²) in [6.45, 7) is 4.61. The van der Waals surface area contributed by atoms with Crippen LogP contribution in [0.25, 0.3) is 0 Å². The molecule has 0 amide bonds. The van der Waals surface area contributed by atoms with Crippen molar-refractivity contribution in [2.24, 2.45) is 5.92 Å². The van der Waals surface area contributed by atoms with E-state index in [1.54, 1.807) is 7.11 Å². The fraction of sp³-hybridized carbons (Fsp3) is 0.538. The van der Waals surface area contributed by atoms with Gasteiger partial charge in [-0.25, -0.2) is 0 Å². The molecule has 0 heterocycles. The van der Waals surface area contributed by atoms with Crippen LogP contribution in [-0.2, 0) is 5.41 Å². The SMILES string of the molecule is COc1ccccc1C1(C(C)C)CC1. The number of hydrogen-bond donors (Lipinski definition) is 0. The third-order valence-electron chi connectivity index (χ3n) is 3.54. The van der Waals surface area contributed by atoms with E-state index in [1.807, 2.05) is 6.07 Å². The van der Waals surface area contributed by atoms with Gasteiger partial charge in [-0.05, 0) is 24.8 Å². The van der Waals surface area contributed by atoms with Crippen LogP contribution in [0.1, 0.15) is 32.3 Å². The molecule has 0 spiro atoms. The molecule has 76 valence electrons. The largest absolute Gasteiger partial charge is 0.496 e. The molecule has 1 fully saturated rings. The van der Waals surface area contributed by atoms with Gasteiger partial charge in [0.1, 0.15) is 5.75 Å². The Morgan fingerprint density at radius 1 is 1.21 bits per heavy atom. The van der Waals surface area contributed by atoms with E-state index >= 15 is 0 Å². The second-order valence-electron chi connectivity index (χ2n) is 4.51. The Bertz CT molecular complexity index is 324. The van der Waals surface area contributed by atoms with Crippen molar-refractivity contribution in [1.82, 2.24) is 0 Å². The van der Waals surface area contributed by atoms with Crippen molar-refractivity contribution in [2.75, 3.05) is 7.11 Å². The molecule has 1 aromatic rings. The maximum absolute atomic E-state index is 5.42. The van der Waals surface area contributed by atoms with E-state index in [4.69, 9.17) is 4.74 Å². The highest BCUT2D eigenvalue weighted by atomic mass is 16.5. The molecule has 0 unspecified atom stereocenters. The fourth-order valence-corrected chi connectivity index (χ4v) is 2.35. The van der Waals surface area contributed by atoms with Crippen LogP contribution in [0.15, 0.2) is 24.3 Å². The zero-order valence-electron chi connectivity index (χ0n) is 9.21. The molecule has 1 saturated carbocycles. The second kappa shape index (κ2) is 3.30. The molecule has 14 heavy (non-hydrogen) atoms. The van der Waals surface area contributed by atoms with Crippen molar-refractivity contribution in [3.63, 3.8) is 0 Å². The number of benzene rings is 1. The Hall–Kier alpha value is -0.980. The second-order valence-corrected chi connectivity index (χ2v) is 4.51. The maximum atomic E-state index is 5.42. The Morgan fingerprint density at radius 2 is 1.86 bits per heavy atom. The zero-order chi connectivity index (χ0) is 10.2. The Kier molecular flexibility index (Phi) is 2.26. The molecule has 0 aliphatic heterocycles. The molecule has 0 N–H and O–H groups in total. The minimum atomic E-state index is 0.409. The molecule has 0 aromatic heterocycles. The highest BCUT2D eigenvalue weighted by molar-refractivity contribution is 5.43. The van der Waals surface area contributed by atoms with Crippen molar-refractivity contribution in [2.45, 2.75) is 32.1 Å². The summed E-state index contributed by atoms with van der Waals surface area (Å²) in [6.07, 6.45) is 2.62. The molecular formula is C13H18O. The van der Waals surface area contributed by atoms with Gasteiger partial charge in [0.25, 0.3) is 0 Å². The van der Waals surface area contributed by atoms with Crippen molar-refractivity contribution in [1.29, 1.82) is 0 Å². The first-order valence-electron chi connectivity index (χ1n) is 5.34. The van der Waals surface area contributed by atoms with Crippen molar-refractivity contribution in [3.8, 4) is 5.75 Å². The van der Waals surface area contributed by atoms with Crippen molar-refractivity contribution >= 4 is 0 Å². The zero-order valence-corrected chi connectivity index (χ0v) is 9.21. The minimum Gasteiger partial charge on any atom is -0.496 e. The standard InChI is InChI=1S/C13H18O/c1-10(2)13(8-9-13)11-6-4-5-7-12(11)14-3/h4-7,10H,8-9H2,1-3H3. The lowest BCUT2D eigenvalue weighted by Crippen LogP contribution is -2.15. The lowest BCUT2D eigenvalue weighted by atomic mass is 9.84. The molecule has 0 saturated heterocycles. The van der Waals surface area contributed by atoms with Crippen LogP contribution in [-0.4, -0.2) is 7.11 Å². The predicted octanol–water partition coefficient (Wildman–Crippen LogP) is 3.38. The van der Waals surface area contributed by atoms with Crippen LogP contribution in [0.3, 0.4) is 0 Å². The third kappa shape index (κ3) is 1.31. The topological polar surface area (TPSA) is 9.23 Å². The lowest BCUT2D eigenvalue weighted by Gasteiger charge is -2.22. The Morgan fingerprint density at radius 3 is 2.36 bits per heavy atom. The molecule has 0 atom stereocenters. The van der Waals surface area contributed by atoms with Crippen molar-refractivity contribution < 1.29 is 4.74 Å². The Labute approximate surface area is 86.1 Å². The minimum absolute atomic E-state index is 0.409. The average Bonchev–Trinajstić information content (AvgIpc) is 2.98. The monoisotopic (exact) mass is 190 g/mol. The van der Waals surface area contributed by atoms with Gasteiger partial charge in [0.2, 0.25) is 0 Å². The van der Waals surface area contributed by atoms with Crippen LogP contribution >= 0.6 is 0 Å². The molecular weight excluding hydrogens is 172 g/mol. The molecule has 1 aliphatic rings. The van der Waals surface area contributed by atoms with Crippen LogP contribution in [0.2, 0.25) is 0 Å². The van der Waals surface area contributed by atoms with Crippen LogP contribution < -0.4 is 4.74 Å². The molecule has 2 rings (SSSR count). The van der Waals surface area contributed by atoms with Gasteiger partial charge in [0.15, 0.2) is 0 Å². The number of methoxy groups -OCH3 is 1. The van der Waals surface area contributed by atoms with E-state index < -0.39 is 0 Å². The first-order valence-corrected chi connectivity index (χ1v) is 5.34. The lowest BCUT2D eigenvalue weighted by molar-refractivity contribution is 0.389. The quantitative estimate of drug-likeness (QED) is 0.710. The third-order valence-corrected chi connectivity index (χ3v) is 3.54. The van der Waals surface area contributed by atoms with E-state index in [9.17, 15) is 0 Å². The number of hydrogen-bond acceptors (Lipinski definition) is 1. The normalized spacial score (nSPS) is 18.3. The van der Waals surface area contributed by atoms with Gasteiger partial charge in [0, 0.05) is 11.0 Å². The van der Waals surface area contributed by atoms with E-state index in [0.29, 0.717) is 11.3 Å². The summed E-state index contributed by atoms with van der Waals surface area (Å²) >= 11 is 0. The summed E-state index contributed by atoms with van der Waals surface area (Å²) < 4.78 is 5.42. The van der Waals surface area contributed by atoms with Crippen LogP contribution in [0, 0.1) is 5.92 Å². The van der Waals surface area contributed by atoms with Crippen LogP contribution in [0.5, 0.6) is 5.75 Å². The number of rotatable bonds is 3. The van der Waals surface area contributed by atoms with Crippen molar-refractivity contribution in [3.05, 3.63) is 29.8 Å². The summed E-state index contributed by atoms with van der Waals surface area (Å²) in [6, 6.07) is 8.43. The van der Waals surface area contributed by atoms with Gasteiger partial charge in [0.05, 0.1) is 7.11 Å². The fourth-order valence-electron chi connectivity index (χ4n) is 2.35. The first-order chi connectivity index (χ1) is 6.70. The van der Waals surface area contributed by atoms with Gasteiger partial charge in [-0.3, -0.25) is 0 Å². The van der Waals surface area contributed by atoms with Gasteiger partial charge in [-0.1, -0.05) is 32.0 Å². The Balaban J connectivity index is 2.41. The number of ether oxygens (including phenoxy) is 1. The van der Waals surface area contributed by atoms with Gasteiger partial charge >= 0.3 is 0 Å². The molecule has 1 nitrogen and oxygen atoms in total. The molecule has 0 bridgehead atoms. The van der Waals surface area contributed by atoms with E-state index in [2.05, 4.69) is 32.0 Å².